The summed E-state index contributed by atoms with van der Waals surface area (Å²) in [6.45, 7) is 3.88. The number of aromatic nitrogens is 3. The first kappa shape index (κ1) is 12.5. The van der Waals surface area contributed by atoms with Gasteiger partial charge in [-0.3, -0.25) is 0 Å². The number of nitrogens with two attached hydrogens (primary N) is 2. The number of nitrogen functional groups attached to an aromatic ring is 2. The van der Waals surface area contributed by atoms with Gasteiger partial charge in [-0.05, 0) is 37.1 Å². The van der Waals surface area contributed by atoms with E-state index in [1.165, 1.54) is 0 Å². The molecule has 3 rings (SSSR count). The molecule has 4 N–H and O–H groups in total. The van der Waals surface area contributed by atoms with Crippen molar-refractivity contribution in [2.45, 2.75) is 13.8 Å². The van der Waals surface area contributed by atoms with E-state index in [1.807, 2.05) is 49.9 Å². The van der Waals surface area contributed by atoms with Crippen LogP contribution < -0.4 is 11.5 Å². The summed E-state index contributed by atoms with van der Waals surface area (Å²) in [6.07, 6.45) is 2.04. The molecular weight excluding hydrogens is 250 g/mol. The summed E-state index contributed by atoms with van der Waals surface area (Å²) in [5.41, 5.74) is 16.8. The first-order valence-electron chi connectivity index (χ1n) is 6.43. The molecule has 0 saturated carbocycles. The number of hydrogen-bond donors (Lipinski definition) is 2. The third kappa shape index (κ3) is 1.79. The molecule has 1 aromatic carbocycles. The number of nitrogens with zero attached hydrogens (tertiary/aromatic N) is 3. The Hall–Kier alpha value is -2.56. The fourth-order valence-electron chi connectivity index (χ4n) is 2.61. The van der Waals surface area contributed by atoms with Crippen LogP contribution in [-0.4, -0.2) is 14.5 Å². The molecule has 0 amide bonds. The van der Waals surface area contributed by atoms with Crippen molar-refractivity contribution in [2.24, 2.45) is 7.05 Å². The molecule has 0 unspecified atom stereocenters. The zero-order chi connectivity index (χ0) is 14.4. The van der Waals surface area contributed by atoms with Gasteiger partial charge in [-0.1, -0.05) is 6.07 Å². The molecule has 102 valence electrons. The number of anilines is 2. The molecular formula is C15H17N5. The molecule has 5 heteroatoms. The fourth-order valence-corrected chi connectivity index (χ4v) is 2.61. The summed E-state index contributed by atoms with van der Waals surface area (Å²) in [6, 6.07) is 5.87. The molecule has 2 aromatic heterocycles. The number of fused-ring (bicyclic) bond motifs is 1. The lowest BCUT2D eigenvalue weighted by molar-refractivity contribution is 0.933. The van der Waals surface area contributed by atoms with Crippen molar-refractivity contribution in [1.82, 2.24) is 14.5 Å². The van der Waals surface area contributed by atoms with Crippen LogP contribution in [0.15, 0.2) is 24.4 Å². The van der Waals surface area contributed by atoms with Gasteiger partial charge >= 0.3 is 0 Å². The van der Waals surface area contributed by atoms with Gasteiger partial charge < -0.3 is 16.0 Å². The minimum absolute atomic E-state index is 0.513. The summed E-state index contributed by atoms with van der Waals surface area (Å²) in [5.74, 6) is 1.19. The van der Waals surface area contributed by atoms with Crippen molar-refractivity contribution in [2.75, 3.05) is 11.5 Å². The van der Waals surface area contributed by atoms with Crippen molar-refractivity contribution in [3.63, 3.8) is 0 Å². The second kappa shape index (κ2) is 4.23. The normalized spacial score (nSPS) is 11.2. The van der Waals surface area contributed by atoms with Crippen LogP contribution in [0.3, 0.4) is 0 Å². The summed E-state index contributed by atoms with van der Waals surface area (Å²) in [7, 11) is 1.96. The van der Waals surface area contributed by atoms with E-state index in [9.17, 15) is 0 Å². The number of hydrogen-bond acceptors (Lipinski definition) is 4. The Morgan fingerprint density at radius 3 is 2.50 bits per heavy atom. The average Bonchev–Trinajstić information content (AvgIpc) is 2.67. The Morgan fingerprint density at radius 1 is 1.05 bits per heavy atom. The highest BCUT2D eigenvalue weighted by molar-refractivity contribution is 6.01. The summed E-state index contributed by atoms with van der Waals surface area (Å²) >= 11 is 0. The lowest BCUT2D eigenvalue weighted by atomic mass is 10.0. The quantitative estimate of drug-likeness (QED) is 0.663. The van der Waals surface area contributed by atoms with E-state index in [-0.39, 0.29) is 0 Å². The van der Waals surface area contributed by atoms with E-state index in [0.717, 1.165) is 33.4 Å². The van der Waals surface area contributed by atoms with Gasteiger partial charge in [0.2, 0.25) is 0 Å². The van der Waals surface area contributed by atoms with Crippen molar-refractivity contribution >= 4 is 22.5 Å². The molecule has 2 heterocycles. The summed E-state index contributed by atoms with van der Waals surface area (Å²) < 4.78 is 1.98. The van der Waals surface area contributed by atoms with Crippen molar-refractivity contribution in [3.8, 4) is 11.1 Å². The van der Waals surface area contributed by atoms with E-state index >= 15 is 0 Å². The Kier molecular flexibility index (Phi) is 2.64. The second-order valence-corrected chi connectivity index (χ2v) is 5.08. The third-order valence-electron chi connectivity index (χ3n) is 3.50. The van der Waals surface area contributed by atoms with Crippen molar-refractivity contribution in [3.05, 3.63) is 35.8 Å². The third-order valence-corrected chi connectivity index (χ3v) is 3.50. The smallest absolute Gasteiger partial charge is 0.146 e. The van der Waals surface area contributed by atoms with Gasteiger partial charge in [-0.15, -0.1) is 0 Å². The van der Waals surface area contributed by atoms with E-state index < -0.39 is 0 Å². The van der Waals surface area contributed by atoms with E-state index in [0.29, 0.717) is 11.6 Å². The maximum atomic E-state index is 6.10. The van der Waals surface area contributed by atoms with Crippen LogP contribution in [0.4, 0.5) is 11.5 Å². The zero-order valence-electron chi connectivity index (χ0n) is 11.8. The zero-order valence-corrected chi connectivity index (χ0v) is 11.8. The standard InChI is InChI=1S/C15H17N5/c1-8-6-10(16)4-5-11(8)12-7-20(3)15-13(12)14(17)18-9(2)19-15/h4-7H,16H2,1-3H3,(H2,17,18,19). The first-order chi connectivity index (χ1) is 9.47. The Balaban J connectivity index is 2.37. The van der Waals surface area contributed by atoms with Gasteiger partial charge in [0.25, 0.3) is 0 Å². The fraction of sp³-hybridized carbons (Fsp3) is 0.200. The molecule has 0 saturated heterocycles. The Morgan fingerprint density at radius 2 is 1.80 bits per heavy atom. The molecule has 0 aliphatic heterocycles. The largest absolute Gasteiger partial charge is 0.399 e. The summed E-state index contributed by atoms with van der Waals surface area (Å²) in [4.78, 5) is 8.75. The molecule has 0 bridgehead atoms. The molecule has 0 fully saturated rings. The molecule has 3 aromatic rings. The highest BCUT2D eigenvalue weighted by Crippen LogP contribution is 2.34. The molecule has 0 spiro atoms. The van der Waals surface area contributed by atoms with Gasteiger partial charge in [0.1, 0.15) is 17.3 Å². The van der Waals surface area contributed by atoms with Crippen LogP contribution in [0.25, 0.3) is 22.2 Å². The van der Waals surface area contributed by atoms with Crippen LogP contribution in [0.5, 0.6) is 0 Å². The Labute approximate surface area is 117 Å². The molecule has 0 radical (unpaired) electrons. The van der Waals surface area contributed by atoms with Gasteiger partial charge in [0.15, 0.2) is 0 Å². The van der Waals surface area contributed by atoms with E-state index in [4.69, 9.17) is 11.5 Å². The molecule has 0 aliphatic carbocycles. The molecule has 20 heavy (non-hydrogen) atoms. The van der Waals surface area contributed by atoms with E-state index in [1.54, 1.807) is 0 Å². The molecule has 0 atom stereocenters. The Bertz CT molecular complexity index is 817. The predicted molar refractivity (Wildman–Crippen MR) is 82.2 cm³/mol. The lowest BCUT2D eigenvalue weighted by Gasteiger charge is -2.06. The minimum atomic E-state index is 0.513. The van der Waals surface area contributed by atoms with Crippen LogP contribution in [0, 0.1) is 13.8 Å². The highest BCUT2D eigenvalue weighted by Gasteiger charge is 2.15. The number of aryl methyl sites for hydroxylation is 3. The highest BCUT2D eigenvalue weighted by atomic mass is 15.1. The molecule has 0 aliphatic rings. The monoisotopic (exact) mass is 267 g/mol. The van der Waals surface area contributed by atoms with E-state index in [2.05, 4.69) is 9.97 Å². The number of rotatable bonds is 1. The predicted octanol–water partition coefficient (Wildman–Crippen LogP) is 2.42. The van der Waals surface area contributed by atoms with Crippen LogP contribution in [0.2, 0.25) is 0 Å². The second-order valence-electron chi connectivity index (χ2n) is 5.08. The van der Waals surface area contributed by atoms with Crippen LogP contribution >= 0.6 is 0 Å². The summed E-state index contributed by atoms with van der Waals surface area (Å²) in [5, 5.41) is 0.894. The van der Waals surface area contributed by atoms with Crippen molar-refractivity contribution < 1.29 is 0 Å². The topological polar surface area (TPSA) is 82.7 Å². The van der Waals surface area contributed by atoms with Gasteiger partial charge in [0.05, 0.1) is 5.39 Å². The maximum Gasteiger partial charge on any atom is 0.146 e. The van der Waals surface area contributed by atoms with Gasteiger partial charge in [-0.2, -0.15) is 0 Å². The van der Waals surface area contributed by atoms with Crippen molar-refractivity contribution in [1.29, 1.82) is 0 Å². The first-order valence-corrected chi connectivity index (χ1v) is 6.43. The van der Waals surface area contributed by atoms with Crippen LogP contribution in [-0.2, 0) is 7.05 Å². The number of benzene rings is 1. The molecule has 5 nitrogen and oxygen atoms in total. The SMILES string of the molecule is Cc1nc(N)c2c(-c3ccc(N)cc3C)cn(C)c2n1. The lowest BCUT2D eigenvalue weighted by Crippen LogP contribution is -1.98. The van der Waals surface area contributed by atoms with Gasteiger partial charge in [-0.25, -0.2) is 9.97 Å². The van der Waals surface area contributed by atoms with Crippen LogP contribution in [0.1, 0.15) is 11.4 Å². The maximum absolute atomic E-state index is 6.10. The minimum Gasteiger partial charge on any atom is -0.399 e. The average molecular weight is 267 g/mol. The van der Waals surface area contributed by atoms with Gasteiger partial charge in [0, 0.05) is 24.5 Å².